The summed E-state index contributed by atoms with van der Waals surface area (Å²) in [6.45, 7) is 6.32. The number of hydrogen-bond acceptors (Lipinski definition) is 4. The molecule has 0 amide bonds. The average Bonchev–Trinajstić information content (AvgIpc) is 2.54. The lowest BCUT2D eigenvalue weighted by atomic mass is 10.4. The van der Waals surface area contributed by atoms with Crippen molar-refractivity contribution in [2.75, 3.05) is 13.1 Å². The van der Waals surface area contributed by atoms with E-state index in [0.29, 0.717) is 0 Å². The molecule has 0 saturated carbocycles. The first-order chi connectivity index (χ1) is 6.36. The Kier molecular flexibility index (Phi) is 4.93. The maximum Gasteiger partial charge on any atom is 0.118 e. The van der Waals surface area contributed by atoms with Gasteiger partial charge in [0.15, 0.2) is 0 Å². The van der Waals surface area contributed by atoms with Gasteiger partial charge in [-0.05, 0) is 13.0 Å². The predicted molar refractivity (Wildman–Crippen MR) is 56.2 cm³/mol. The number of rotatable bonds is 6. The van der Waals surface area contributed by atoms with E-state index >= 15 is 0 Å². The quantitative estimate of drug-likeness (QED) is 0.708. The minimum absolute atomic E-state index is 1.01. The minimum Gasteiger partial charge on any atom is -0.317 e. The molecule has 0 atom stereocenters. The lowest BCUT2D eigenvalue weighted by molar-refractivity contribution is 0.709. The van der Waals surface area contributed by atoms with Crippen LogP contribution in [-0.2, 0) is 12.8 Å². The zero-order valence-electron chi connectivity index (χ0n) is 8.34. The highest BCUT2D eigenvalue weighted by atomic mass is 32.1. The number of aromatic nitrogens is 2. The molecule has 74 valence electrons. The lowest BCUT2D eigenvalue weighted by Gasteiger charge is -1.95. The second-order valence-electron chi connectivity index (χ2n) is 2.94. The van der Waals surface area contributed by atoms with E-state index in [2.05, 4.69) is 29.4 Å². The summed E-state index contributed by atoms with van der Waals surface area (Å²) >= 11 is 1.75. The van der Waals surface area contributed by atoms with Gasteiger partial charge in [-0.25, -0.2) is 0 Å². The first-order valence-electron chi connectivity index (χ1n) is 4.88. The molecule has 0 radical (unpaired) electrons. The summed E-state index contributed by atoms with van der Waals surface area (Å²) in [6, 6.07) is 0. The smallest absolute Gasteiger partial charge is 0.118 e. The zero-order valence-corrected chi connectivity index (χ0v) is 9.15. The third-order valence-electron chi connectivity index (χ3n) is 1.74. The van der Waals surface area contributed by atoms with E-state index in [4.69, 9.17) is 0 Å². The van der Waals surface area contributed by atoms with Crippen LogP contribution in [0.2, 0.25) is 0 Å². The molecule has 1 N–H and O–H groups in total. The Morgan fingerprint density at radius 3 is 2.46 bits per heavy atom. The molecule has 0 saturated heterocycles. The number of nitrogens with one attached hydrogen (secondary N) is 1. The third kappa shape index (κ3) is 3.83. The van der Waals surface area contributed by atoms with Crippen LogP contribution < -0.4 is 5.32 Å². The Morgan fingerprint density at radius 2 is 1.85 bits per heavy atom. The number of nitrogens with zero attached hydrogens (tertiary/aromatic N) is 2. The van der Waals surface area contributed by atoms with Crippen molar-refractivity contribution in [2.45, 2.75) is 33.1 Å². The van der Waals surface area contributed by atoms with Gasteiger partial charge in [0, 0.05) is 19.4 Å². The van der Waals surface area contributed by atoms with Crippen LogP contribution in [0.15, 0.2) is 0 Å². The molecule has 0 aliphatic rings. The molecule has 0 aliphatic heterocycles. The zero-order chi connectivity index (χ0) is 9.52. The van der Waals surface area contributed by atoms with Crippen molar-refractivity contribution in [3.05, 3.63) is 10.0 Å². The van der Waals surface area contributed by atoms with Crippen molar-refractivity contribution in [3.63, 3.8) is 0 Å². The summed E-state index contributed by atoms with van der Waals surface area (Å²) in [5.74, 6) is 0. The molecular weight excluding hydrogens is 182 g/mol. The first kappa shape index (κ1) is 10.6. The van der Waals surface area contributed by atoms with E-state index < -0.39 is 0 Å². The van der Waals surface area contributed by atoms with Crippen LogP contribution in [0, 0.1) is 0 Å². The van der Waals surface area contributed by atoms with E-state index in [9.17, 15) is 0 Å². The monoisotopic (exact) mass is 199 g/mol. The summed E-state index contributed by atoms with van der Waals surface area (Å²) in [7, 11) is 0. The molecule has 0 bridgehead atoms. The van der Waals surface area contributed by atoms with Gasteiger partial charge in [0.2, 0.25) is 0 Å². The van der Waals surface area contributed by atoms with Gasteiger partial charge < -0.3 is 5.32 Å². The summed E-state index contributed by atoms with van der Waals surface area (Å²) in [5.41, 5.74) is 0. The molecule has 0 fully saturated rings. The summed E-state index contributed by atoms with van der Waals surface area (Å²) in [6.07, 6.45) is 3.23. The molecule has 1 aromatic rings. The molecule has 1 rings (SSSR count). The summed E-state index contributed by atoms with van der Waals surface area (Å²) in [4.78, 5) is 0. The van der Waals surface area contributed by atoms with Crippen LogP contribution in [0.1, 0.15) is 30.3 Å². The Morgan fingerprint density at radius 1 is 1.15 bits per heavy atom. The highest BCUT2D eigenvalue weighted by Gasteiger charge is 2.01. The Balaban J connectivity index is 2.31. The molecule has 0 spiro atoms. The Bertz CT molecular complexity index is 235. The van der Waals surface area contributed by atoms with E-state index in [1.165, 1.54) is 5.01 Å². The van der Waals surface area contributed by atoms with Gasteiger partial charge in [-0.15, -0.1) is 21.5 Å². The number of aryl methyl sites for hydroxylation is 1. The van der Waals surface area contributed by atoms with Crippen LogP contribution in [0.3, 0.4) is 0 Å². The van der Waals surface area contributed by atoms with Gasteiger partial charge in [0.05, 0.1) is 0 Å². The Hall–Kier alpha value is -0.480. The Labute approximate surface area is 83.6 Å². The normalized spacial score (nSPS) is 10.6. The molecule has 0 unspecified atom stereocenters. The molecule has 0 aromatic carbocycles. The van der Waals surface area contributed by atoms with Gasteiger partial charge in [0.1, 0.15) is 10.0 Å². The van der Waals surface area contributed by atoms with Gasteiger partial charge in [0.25, 0.3) is 0 Å². The molecule has 1 heterocycles. The van der Waals surface area contributed by atoms with E-state index in [1.807, 2.05) is 0 Å². The summed E-state index contributed by atoms with van der Waals surface area (Å²) < 4.78 is 0. The maximum absolute atomic E-state index is 4.14. The van der Waals surface area contributed by atoms with Crippen LogP contribution in [0.5, 0.6) is 0 Å². The van der Waals surface area contributed by atoms with E-state index in [1.54, 1.807) is 11.3 Å². The molecule has 3 nitrogen and oxygen atoms in total. The largest absolute Gasteiger partial charge is 0.317 e. The number of hydrogen-bond donors (Lipinski definition) is 1. The van der Waals surface area contributed by atoms with Crippen LogP contribution in [0.4, 0.5) is 0 Å². The van der Waals surface area contributed by atoms with Crippen molar-refractivity contribution in [1.82, 2.24) is 15.5 Å². The van der Waals surface area contributed by atoms with E-state index in [-0.39, 0.29) is 0 Å². The molecule has 0 aliphatic carbocycles. The van der Waals surface area contributed by atoms with Crippen molar-refractivity contribution in [2.24, 2.45) is 0 Å². The fraction of sp³-hybridized carbons (Fsp3) is 0.778. The molecule has 1 aromatic heterocycles. The van der Waals surface area contributed by atoms with Crippen molar-refractivity contribution >= 4 is 11.3 Å². The van der Waals surface area contributed by atoms with Crippen LogP contribution >= 0.6 is 11.3 Å². The van der Waals surface area contributed by atoms with E-state index in [0.717, 1.165) is 37.4 Å². The van der Waals surface area contributed by atoms with Gasteiger partial charge >= 0.3 is 0 Å². The second kappa shape index (κ2) is 6.05. The fourth-order valence-corrected chi connectivity index (χ4v) is 2.02. The fourth-order valence-electron chi connectivity index (χ4n) is 1.08. The molecular formula is C9H17N3S. The van der Waals surface area contributed by atoms with Crippen molar-refractivity contribution in [3.8, 4) is 0 Å². The highest BCUT2D eigenvalue weighted by molar-refractivity contribution is 7.11. The molecule has 4 heteroatoms. The summed E-state index contributed by atoms with van der Waals surface area (Å²) in [5, 5.41) is 13.9. The van der Waals surface area contributed by atoms with Gasteiger partial charge in [-0.3, -0.25) is 0 Å². The van der Waals surface area contributed by atoms with Crippen molar-refractivity contribution in [1.29, 1.82) is 0 Å². The first-order valence-corrected chi connectivity index (χ1v) is 5.70. The second-order valence-corrected chi connectivity index (χ2v) is 4.09. The lowest BCUT2D eigenvalue weighted by Crippen LogP contribution is -2.15. The molecule has 13 heavy (non-hydrogen) atoms. The predicted octanol–water partition coefficient (Wildman–Crippen LogP) is 1.64. The minimum atomic E-state index is 1.01. The van der Waals surface area contributed by atoms with Gasteiger partial charge in [-0.1, -0.05) is 13.8 Å². The highest BCUT2D eigenvalue weighted by Crippen LogP contribution is 2.11. The number of likely N-dealkylation sites (N-methyl/N-ethyl adjacent to an activating group) is 1. The van der Waals surface area contributed by atoms with Crippen LogP contribution in [-0.4, -0.2) is 23.3 Å². The maximum atomic E-state index is 4.14. The van der Waals surface area contributed by atoms with Crippen molar-refractivity contribution < 1.29 is 0 Å². The average molecular weight is 199 g/mol. The topological polar surface area (TPSA) is 37.8 Å². The SMILES string of the molecule is CCCc1nnc(CCNCC)s1. The standard InChI is InChI=1S/C9H17N3S/c1-3-5-8-11-12-9(13-8)6-7-10-4-2/h10H,3-7H2,1-2H3. The van der Waals surface area contributed by atoms with Gasteiger partial charge in [-0.2, -0.15) is 0 Å². The van der Waals surface area contributed by atoms with Crippen LogP contribution in [0.25, 0.3) is 0 Å². The third-order valence-corrected chi connectivity index (χ3v) is 2.78.